The third kappa shape index (κ3) is 3.72. The van der Waals surface area contributed by atoms with Crippen LogP contribution in [0.1, 0.15) is 21.7 Å². The second-order valence-corrected chi connectivity index (χ2v) is 5.79. The monoisotopic (exact) mass is 359 g/mol. The van der Waals surface area contributed by atoms with Gasteiger partial charge in [-0.05, 0) is 55.3 Å². The molecule has 0 saturated carbocycles. The van der Waals surface area contributed by atoms with E-state index in [0.717, 1.165) is 17.2 Å². The lowest BCUT2D eigenvalue weighted by molar-refractivity contribution is -0.0498. The van der Waals surface area contributed by atoms with Gasteiger partial charge < -0.3 is 14.5 Å². The first kappa shape index (κ1) is 17.6. The molecular weight excluding hydrogens is 344 g/mol. The third-order valence-electron chi connectivity index (χ3n) is 3.72. The molecule has 0 aliphatic heterocycles. The number of amides is 1. The van der Waals surface area contributed by atoms with Crippen LogP contribution >= 0.6 is 0 Å². The SMILES string of the molecule is Cc1cc(C)c2oc(C(=O)Nc3ccc(OC(F)F)cc3)cc(=O)c2c1. The molecule has 0 radical (unpaired) electrons. The molecule has 3 aromatic rings. The molecule has 26 heavy (non-hydrogen) atoms. The topological polar surface area (TPSA) is 68.5 Å². The van der Waals surface area contributed by atoms with Crippen molar-refractivity contribution in [1.29, 1.82) is 0 Å². The van der Waals surface area contributed by atoms with E-state index < -0.39 is 12.5 Å². The molecule has 7 heteroatoms. The highest BCUT2D eigenvalue weighted by molar-refractivity contribution is 6.03. The number of rotatable bonds is 4. The van der Waals surface area contributed by atoms with E-state index in [0.29, 0.717) is 16.7 Å². The van der Waals surface area contributed by atoms with E-state index in [9.17, 15) is 18.4 Å². The number of hydrogen-bond acceptors (Lipinski definition) is 4. The molecular formula is C19H15F2NO4. The van der Waals surface area contributed by atoms with E-state index in [1.165, 1.54) is 24.3 Å². The van der Waals surface area contributed by atoms with Crippen molar-refractivity contribution in [3.8, 4) is 5.75 Å². The summed E-state index contributed by atoms with van der Waals surface area (Å²) >= 11 is 0. The molecule has 1 N–H and O–H groups in total. The number of aryl methyl sites for hydroxylation is 2. The summed E-state index contributed by atoms with van der Waals surface area (Å²) in [6, 6.07) is 10.1. The predicted molar refractivity (Wildman–Crippen MR) is 93.0 cm³/mol. The van der Waals surface area contributed by atoms with Gasteiger partial charge in [-0.25, -0.2) is 0 Å². The average molecular weight is 359 g/mol. The molecule has 0 unspecified atom stereocenters. The quantitative estimate of drug-likeness (QED) is 0.756. The molecule has 1 amide bonds. The fourth-order valence-corrected chi connectivity index (χ4v) is 2.63. The average Bonchev–Trinajstić information content (AvgIpc) is 2.57. The number of carbonyl (C=O) groups excluding carboxylic acids is 1. The molecule has 0 aliphatic carbocycles. The van der Waals surface area contributed by atoms with E-state index in [1.54, 1.807) is 13.0 Å². The summed E-state index contributed by atoms with van der Waals surface area (Å²) in [5.41, 5.74) is 2.06. The molecule has 0 saturated heterocycles. The summed E-state index contributed by atoms with van der Waals surface area (Å²) in [7, 11) is 0. The number of ether oxygens (including phenoxy) is 1. The fraction of sp³-hybridized carbons (Fsp3) is 0.158. The number of anilines is 1. The summed E-state index contributed by atoms with van der Waals surface area (Å²) in [6.07, 6.45) is 0. The van der Waals surface area contributed by atoms with Crippen LogP contribution in [0.2, 0.25) is 0 Å². The third-order valence-corrected chi connectivity index (χ3v) is 3.72. The summed E-state index contributed by atoms with van der Waals surface area (Å²) in [5, 5.41) is 2.96. The van der Waals surface area contributed by atoms with E-state index in [-0.39, 0.29) is 16.9 Å². The number of alkyl halides is 2. The molecule has 2 aromatic carbocycles. The van der Waals surface area contributed by atoms with Gasteiger partial charge in [0.15, 0.2) is 11.2 Å². The number of fused-ring (bicyclic) bond motifs is 1. The Morgan fingerprint density at radius 2 is 1.81 bits per heavy atom. The molecule has 0 aliphatic rings. The first-order valence-electron chi connectivity index (χ1n) is 7.75. The van der Waals surface area contributed by atoms with Gasteiger partial charge in [-0.3, -0.25) is 9.59 Å². The van der Waals surface area contributed by atoms with E-state index >= 15 is 0 Å². The normalized spacial score (nSPS) is 11.0. The van der Waals surface area contributed by atoms with Crippen LogP contribution in [0.25, 0.3) is 11.0 Å². The van der Waals surface area contributed by atoms with Crippen molar-refractivity contribution >= 4 is 22.6 Å². The lowest BCUT2D eigenvalue weighted by Crippen LogP contribution is -2.15. The van der Waals surface area contributed by atoms with Gasteiger partial charge in [0.25, 0.3) is 5.91 Å². The fourth-order valence-electron chi connectivity index (χ4n) is 2.63. The van der Waals surface area contributed by atoms with Crippen molar-refractivity contribution in [2.75, 3.05) is 5.32 Å². The van der Waals surface area contributed by atoms with Gasteiger partial charge in [0, 0.05) is 11.8 Å². The Bertz CT molecular complexity index is 1030. The van der Waals surface area contributed by atoms with Crippen LogP contribution in [-0.4, -0.2) is 12.5 Å². The van der Waals surface area contributed by atoms with Crippen LogP contribution < -0.4 is 15.5 Å². The molecule has 134 valence electrons. The van der Waals surface area contributed by atoms with Gasteiger partial charge in [0.05, 0.1) is 5.39 Å². The first-order chi connectivity index (χ1) is 12.3. The molecule has 1 heterocycles. The Kier molecular flexibility index (Phi) is 4.71. The van der Waals surface area contributed by atoms with Gasteiger partial charge in [-0.1, -0.05) is 6.07 Å². The summed E-state index contributed by atoms with van der Waals surface area (Å²) in [5.74, 6) is -0.782. The Labute approximate surface area is 147 Å². The molecule has 3 rings (SSSR count). The van der Waals surface area contributed by atoms with Crippen LogP contribution in [0.5, 0.6) is 5.75 Å². The maximum atomic E-state index is 12.4. The van der Waals surface area contributed by atoms with Gasteiger partial charge in [-0.2, -0.15) is 8.78 Å². The summed E-state index contributed by atoms with van der Waals surface area (Å²) < 4.78 is 34.1. The summed E-state index contributed by atoms with van der Waals surface area (Å²) in [4.78, 5) is 24.6. The number of nitrogens with one attached hydrogen (secondary N) is 1. The van der Waals surface area contributed by atoms with E-state index in [1.807, 2.05) is 13.0 Å². The van der Waals surface area contributed by atoms with Gasteiger partial charge in [0.1, 0.15) is 11.3 Å². The minimum atomic E-state index is -2.92. The van der Waals surface area contributed by atoms with Crippen LogP contribution in [-0.2, 0) is 0 Å². The Hall–Kier alpha value is -3.22. The standard InChI is InChI=1S/C19H15F2NO4/c1-10-7-11(2)17-14(8-10)15(23)9-16(26-17)18(24)22-12-3-5-13(6-4-12)25-19(20)21/h3-9,19H,1-2H3,(H,22,24). The van der Waals surface area contributed by atoms with Crippen molar-refractivity contribution in [2.45, 2.75) is 20.5 Å². The highest BCUT2D eigenvalue weighted by Gasteiger charge is 2.14. The van der Waals surface area contributed by atoms with E-state index in [4.69, 9.17) is 4.42 Å². The van der Waals surface area contributed by atoms with E-state index in [2.05, 4.69) is 10.1 Å². The maximum Gasteiger partial charge on any atom is 0.387 e. The lowest BCUT2D eigenvalue weighted by Gasteiger charge is -2.08. The highest BCUT2D eigenvalue weighted by Crippen LogP contribution is 2.21. The predicted octanol–water partition coefficient (Wildman–Crippen LogP) is 4.26. The maximum absolute atomic E-state index is 12.4. The Morgan fingerprint density at radius 1 is 1.12 bits per heavy atom. The zero-order valence-electron chi connectivity index (χ0n) is 14.0. The van der Waals surface area contributed by atoms with Crippen molar-refractivity contribution in [2.24, 2.45) is 0 Å². The Balaban J connectivity index is 1.87. The van der Waals surface area contributed by atoms with Crippen molar-refractivity contribution in [3.05, 3.63) is 69.6 Å². The summed E-state index contributed by atoms with van der Waals surface area (Å²) in [6.45, 7) is 0.740. The van der Waals surface area contributed by atoms with Gasteiger partial charge in [-0.15, -0.1) is 0 Å². The molecule has 0 bridgehead atoms. The molecule has 0 atom stereocenters. The van der Waals surface area contributed by atoms with Gasteiger partial charge in [0.2, 0.25) is 0 Å². The van der Waals surface area contributed by atoms with Crippen LogP contribution in [0.3, 0.4) is 0 Å². The first-order valence-corrected chi connectivity index (χ1v) is 7.75. The minimum absolute atomic E-state index is 0.0266. The molecule has 0 fully saturated rings. The highest BCUT2D eigenvalue weighted by atomic mass is 19.3. The van der Waals surface area contributed by atoms with Crippen LogP contribution in [0.15, 0.2) is 51.7 Å². The van der Waals surface area contributed by atoms with Crippen LogP contribution in [0.4, 0.5) is 14.5 Å². The Morgan fingerprint density at radius 3 is 2.46 bits per heavy atom. The number of halogens is 2. The van der Waals surface area contributed by atoms with Crippen LogP contribution in [0, 0.1) is 13.8 Å². The zero-order chi connectivity index (χ0) is 18.8. The second-order valence-electron chi connectivity index (χ2n) is 5.79. The van der Waals surface area contributed by atoms with Gasteiger partial charge >= 0.3 is 6.61 Å². The molecule has 5 nitrogen and oxygen atoms in total. The molecule has 1 aromatic heterocycles. The smallest absolute Gasteiger partial charge is 0.387 e. The second kappa shape index (κ2) is 6.95. The lowest BCUT2D eigenvalue weighted by atomic mass is 10.1. The number of carbonyl (C=O) groups is 1. The zero-order valence-corrected chi connectivity index (χ0v) is 14.0. The molecule has 0 spiro atoms. The number of hydrogen-bond donors (Lipinski definition) is 1. The minimum Gasteiger partial charge on any atom is -0.450 e. The van der Waals surface area contributed by atoms with Crippen molar-refractivity contribution in [1.82, 2.24) is 0 Å². The van der Waals surface area contributed by atoms with Crippen molar-refractivity contribution in [3.63, 3.8) is 0 Å². The van der Waals surface area contributed by atoms with Crippen molar-refractivity contribution < 1.29 is 22.7 Å². The largest absolute Gasteiger partial charge is 0.450 e. The number of benzene rings is 2.